The van der Waals surface area contributed by atoms with Crippen LogP contribution in [0, 0.1) is 0 Å². The topological polar surface area (TPSA) is 151 Å². The fourth-order valence-electron chi connectivity index (χ4n) is 5.17. The Morgan fingerprint density at radius 3 is 1.88 bits per heavy atom. The van der Waals surface area contributed by atoms with Crippen molar-refractivity contribution in [1.29, 1.82) is 0 Å². The zero-order valence-corrected chi connectivity index (χ0v) is 23.4. The number of carboxylic acids is 3. The first-order valence-electron chi connectivity index (χ1n) is 13.1. The number of methoxy groups -OCH3 is 1. The van der Waals surface area contributed by atoms with Crippen LogP contribution >= 0.6 is 0 Å². The van der Waals surface area contributed by atoms with Crippen molar-refractivity contribution >= 4 is 53.4 Å². The van der Waals surface area contributed by atoms with Gasteiger partial charge in [-0.3, -0.25) is 24.3 Å². The second-order valence-corrected chi connectivity index (χ2v) is 11.0. The molecule has 40 heavy (non-hydrogen) atoms. The summed E-state index contributed by atoms with van der Waals surface area (Å²) in [6.45, 7) is 7.48. The van der Waals surface area contributed by atoms with Crippen LogP contribution in [0.2, 0.25) is 0 Å². The van der Waals surface area contributed by atoms with Crippen molar-refractivity contribution in [2.75, 3.05) is 79.1 Å². The second-order valence-electron chi connectivity index (χ2n) is 11.0. The first kappa shape index (κ1) is 36.0. The molecule has 12 nitrogen and oxygen atoms in total. The number of carbonyl (C=O) groups is 4. The molecule has 1 aromatic carbocycles. The molecular formula is C27H43N4NaO8. The summed E-state index contributed by atoms with van der Waals surface area (Å²) < 4.78 is 5.26. The van der Waals surface area contributed by atoms with E-state index in [9.17, 15) is 34.5 Å². The van der Waals surface area contributed by atoms with E-state index in [1.54, 1.807) is 9.80 Å². The number of rotatable bonds is 9. The minimum absolute atomic E-state index is 0. The molecular weight excluding hydrogens is 531 g/mol. The molecule has 0 aromatic heterocycles. The molecule has 1 aliphatic heterocycles. The molecule has 1 fully saturated rings. The summed E-state index contributed by atoms with van der Waals surface area (Å²) in [5.74, 6) is -3.72. The van der Waals surface area contributed by atoms with E-state index >= 15 is 0 Å². The van der Waals surface area contributed by atoms with Crippen LogP contribution in [-0.4, -0.2) is 167 Å². The number of carboxylic acid groups (broad SMARTS) is 3. The molecule has 0 spiro atoms. The van der Waals surface area contributed by atoms with Gasteiger partial charge in [0.25, 0.3) is 0 Å². The standard InChI is InChI=1S/C27H42N4O8.Na.H/c1-27(2,3)31(20-24(36)37)16-14-29(19-23(34)35)11-10-28(18-22(32)33)12-13-30(15-17-31)25(26(38)39-4)21-8-6-5-7-9-21;;/h5-9,25H,10-20H2,1-4H3,(H2-,32,33,34,35,36,37);;. The first-order chi connectivity index (χ1) is 18.3. The third-order valence-electron chi connectivity index (χ3n) is 7.57. The molecule has 0 aliphatic carbocycles. The molecule has 2 atom stereocenters. The summed E-state index contributed by atoms with van der Waals surface area (Å²) >= 11 is 0. The molecule has 0 bridgehead atoms. The Balaban J connectivity index is 0.00000800. The maximum atomic E-state index is 13.1. The number of quaternary nitrogens is 1. The number of benzene rings is 1. The van der Waals surface area contributed by atoms with Gasteiger partial charge in [-0.15, -0.1) is 0 Å². The van der Waals surface area contributed by atoms with E-state index in [2.05, 4.69) is 0 Å². The average molecular weight is 575 g/mol. The van der Waals surface area contributed by atoms with Crippen LogP contribution in [0.25, 0.3) is 0 Å². The Labute approximate surface area is 258 Å². The van der Waals surface area contributed by atoms with Gasteiger partial charge in [0.2, 0.25) is 0 Å². The van der Waals surface area contributed by atoms with Crippen LogP contribution in [0.3, 0.4) is 0 Å². The number of hydrogen-bond donors (Lipinski definition) is 2. The number of esters is 1. The van der Waals surface area contributed by atoms with Crippen molar-refractivity contribution in [3.8, 4) is 0 Å². The van der Waals surface area contributed by atoms with Gasteiger partial charge in [0.05, 0.1) is 44.8 Å². The molecule has 1 heterocycles. The Morgan fingerprint density at radius 1 is 0.900 bits per heavy atom. The van der Waals surface area contributed by atoms with Crippen molar-refractivity contribution in [1.82, 2.24) is 14.7 Å². The molecule has 1 aliphatic rings. The molecule has 13 heteroatoms. The van der Waals surface area contributed by atoms with Gasteiger partial charge in [-0.05, 0) is 26.3 Å². The number of nitrogens with zero attached hydrogens (tertiary/aromatic N) is 4. The summed E-state index contributed by atoms with van der Waals surface area (Å²) in [6.07, 6.45) is 0. The molecule has 0 saturated carbocycles. The van der Waals surface area contributed by atoms with Gasteiger partial charge in [0.15, 0.2) is 0 Å². The fourth-order valence-corrected chi connectivity index (χ4v) is 5.17. The van der Waals surface area contributed by atoms with Gasteiger partial charge < -0.3 is 29.3 Å². The van der Waals surface area contributed by atoms with Gasteiger partial charge in [0.1, 0.15) is 12.6 Å². The molecule has 2 rings (SSSR count). The van der Waals surface area contributed by atoms with Gasteiger partial charge in [-0.2, -0.15) is 0 Å². The van der Waals surface area contributed by atoms with E-state index in [4.69, 9.17) is 4.74 Å². The summed E-state index contributed by atoms with van der Waals surface area (Å²) in [6, 6.07) is 8.35. The van der Waals surface area contributed by atoms with E-state index in [1.807, 2.05) is 56.0 Å². The molecule has 220 valence electrons. The molecule has 2 N–H and O–H groups in total. The van der Waals surface area contributed by atoms with Crippen molar-refractivity contribution in [3.05, 3.63) is 35.9 Å². The fraction of sp³-hybridized carbons (Fsp3) is 0.630. The quantitative estimate of drug-likeness (QED) is 0.206. The normalized spacial score (nSPS) is 21.2. The third kappa shape index (κ3) is 10.7. The number of carbonyl (C=O) groups excluding carboxylic acids is 2. The van der Waals surface area contributed by atoms with Gasteiger partial charge in [-0.1, -0.05) is 30.3 Å². The first-order valence-corrected chi connectivity index (χ1v) is 13.1. The molecule has 1 aromatic rings. The minimum atomic E-state index is -1.21. The van der Waals surface area contributed by atoms with Gasteiger partial charge >= 0.3 is 47.5 Å². The number of hydrogen-bond acceptors (Lipinski definition) is 9. The van der Waals surface area contributed by atoms with E-state index in [0.717, 1.165) is 0 Å². The predicted molar refractivity (Wildman–Crippen MR) is 148 cm³/mol. The van der Waals surface area contributed by atoms with Crippen molar-refractivity contribution < 1.29 is 43.7 Å². The van der Waals surface area contributed by atoms with Crippen LogP contribution in [0.15, 0.2) is 30.3 Å². The molecule has 1 saturated heterocycles. The van der Waals surface area contributed by atoms with Crippen molar-refractivity contribution in [3.63, 3.8) is 0 Å². The Morgan fingerprint density at radius 2 is 1.40 bits per heavy atom. The van der Waals surface area contributed by atoms with Crippen LogP contribution in [0.1, 0.15) is 32.4 Å². The molecule has 0 amide bonds. The molecule has 0 radical (unpaired) electrons. The van der Waals surface area contributed by atoms with Gasteiger partial charge in [-0.25, -0.2) is 4.79 Å². The van der Waals surface area contributed by atoms with E-state index in [1.165, 1.54) is 7.11 Å². The van der Waals surface area contributed by atoms with Crippen molar-refractivity contribution in [2.24, 2.45) is 0 Å². The summed E-state index contributed by atoms with van der Waals surface area (Å²) in [7, 11) is 1.31. The van der Waals surface area contributed by atoms with Crippen LogP contribution in [0.4, 0.5) is 0 Å². The van der Waals surface area contributed by atoms with E-state index in [0.29, 0.717) is 38.3 Å². The number of ether oxygens (including phenoxy) is 1. The average Bonchev–Trinajstić information content (AvgIpc) is 2.84. The maximum absolute atomic E-state index is 13.1. The second kappa shape index (κ2) is 16.4. The van der Waals surface area contributed by atoms with Crippen LogP contribution < -0.4 is 5.11 Å². The zero-order valence-electron chi connectivity index (χ0n) is 23.4. The number of aliphatic carboxylic acids is 3. The van der Waals surface area contributed by atoms with E-state index in [-0.39, 0.29) is 73.3 Å². The summed E-state index contributed by atoms with van der Waals surface area (Å²) in [5.41, 5.74) is 0.163. The third-order valence-corrected chi connectivity index (χ3v) is 7.57. The zero-order chi connectivity index (χ0) is 29.2. The van der Waals surface area contributed by atoms with Crippen molar-refractivity contribution in [2.45, 2.75) is 32.4 Å². The van der Waals surface area contributed by atoms with Gasteiger partial charge in [0, 0.05) is 39.3 Å². The Kier molecular flexibility index (Phi) is 14.7. The Bertz CT molecular complexity index is 990. The molecule has 2 unspecified atom stereocenters. The van der Waals surface area contributed by atoms with E-state index < -0.39 is 35.5 Å². The predicted octanol–water partition coefficient (Wildman–Crippen LogP) is -1.29. The summed E-state index contributed by atoms with van der Waals surface area (Å²) in [5, 5.41) is 31.0. The van der Waals surface area contributed by atoms with Crippen LogP contribution in [-0.2, 0) is 23.9 Å². The monoisotopic (exact) mass is 574 g/mol. The Hall–Kier alpha value is -2.06. The SMILES string of the molecule is COC(=O)C(c1ccccc1)N1CCN(CC(=O)O)CCN(CC(=O)O)CC[N+](CC(=O)[O-])(C(C)(C)C)CC1.[NaH]. The summed E-state index contributed by atoms with van der Waals surface area (Å²) in [4.78, 5) is 53.6. The van der Waals surface area contributed by atoms with Crippen LogP contribution in [0.5, 0.6) is 0 Å².